The molecule has 0 saturated carbocycles. The number of carbonyl (C=O) groups is 2. The number of nitrogens with zero attached hydrogens (tertiary/aromatic N) is 1. The van der Waals surface area contributed by atoms with E-state index in [2.05, 4.69) is 6.58 Å². The average Bonchev–Trinajstić information content (AvgIpc) is 1.96. The van der Waals surface area contributed by atoms with Gasteiger partial charge in [0.2, 0.25) is 0 Å². The summed E-state index contributed by atoms with van der Waals surface area (Å²) in [5.41, 5.74) is -0.643. The van der Waals surface area contributed by atoms with Crippen molar-refractivity contribution in [2.24, 2.45) is 0 Å². The van der Waals surface area contributed by atoms with Crippen LogP contribution in [0.5, 0.6) is 0 Å². The fraction of sp³-hybridized carbons (Fsp3) is 0.692. The van der Waals surface area contributed by atoms with Crippen LogP contribution in [0.25, 0.3) is 0 Å². The molecule has 0 spiro atoms. The molecule has 0 aromatic rings. The van der Waals surface area contributed by atoms with E-state index in [1.54, 1.807) is 4.90 Å². The minimum Gasteiger partial charge on any atom is -0.481 e. The summed E-state index contributed by atoms with van der Waals surface area (Å²) in [6, 6.07) is 0. The Morgan fingerprint density at radius 2 is 1.41 bits per heavy atom. The molecule has 0 saturated heterocycles. The summed E-state index contributed by atoms with van der Waals surface area (Å²) < 4.78 is 0. The number of carbonyl (C=O) groups excluding carboxylic acids is 1. The Kier molecular flexibility index (Phi) is 4.52. The van der Waals surface area contributed by atoms with Crippen LogP contribution in [0.4, 0.5) is 0 Å². The topological polar surface area (TPSA) is 57.6 Å². The second-order valence-electron chi connectivity index (χ2n) is 6.16. The molecule has 0 unspecified atom stereocenters. The van der Waals surface area contributed by atoms with E-state index in [1.807, 2.05) is 41.5 Å². The Morgan fingerprint density at radius 3 is 1.65 bits per heavy atom. The van der Waals surface area contributed by atoms with Crippen molar-refractivity contribution in [1.82, 2.24) is 4.90 Å². The van der Waals surface area contributed by atoms with E-state index >= 15 is 0 Å². The minimum absolute atomic E-state index is 0.113. The lowest BCUT2D eigenvalue weighted by atomic mass is 9.94. The van der Waals surface area contributed by atoms with Gasteiger partial charge in [-0.2, -0.15) is 0 Å². The molecule has 0 aliphatic rings. The van der Waals surface area contributed by atoms with Crippen LogP contribution < -0.4 is 0 Å². The summed E-state index contributed by atoms with van der Waals surface area (Å²) in [5, 5.41) is 8.69. The molecule has 17 heavy (non-hydrogen) atoms. The number of rotatable bonds is 3. The molecule has 0 rings (SSSR count). The molecule has 0 aromatic carbocycles. The van der Waals surface area contributed by atoms with Crippen molar-refractivity contribution in [2.75, 3.05) is 0 Å². The first-order valence-electron chi connectivity index (χ1n) is 5.61. The summed E-state index contributed by atoms with van der Waals surface area (Å²) in [6.45, 7) is 15.1. The van der Waals surface area contributed by atoms with E-state index in [4.69, 9.17) is 5.11 Å². The summed E-state index contributed by atoms with van der Waals surface area (Å²) in [6.07, 6.45) is -0.318. The van der Waals surface area contributed by atoms with Gasteiger partial charge < -0.3 is 10.0 Å². The monoisotopic (exact) mass is 241 g/mol. The van der Waals surface area contributed by atoms with Crippen LogP contribution in [0.1, 0.15) is 48.0 Å². The zero-order valence-corrected chi connectivity index (χ0v) is 11.6. The van der Waals surface area contributed by atoms with Crippen molar-refractivity contribution >= 4 is 11.9 Å². The van der Waals surface area contributed by atoms with E-state index in [0.29, 0.717) is 0 Å². The van der Waals surface area contributed by atoms with E-state index in [0.717, 1.165) is 0 Å². The Morgan fingerprint density at radius 1 is 1.06 bits per heavy atom. The van der Waals surface area contributed by atoms with Crippen molar-refractivity contribution in [1.29, 1.82) is 0 Å². The standard InChI is InChI=1S/C13H23NO3/c1-9(8-10(15)16)11(17)14(12(2,3)4)13(5,6)7/h1,8H2,2-7H3,(H,15,16). The highest BCUT2D eigenvalue weighted by Crippen LogP contribution is 2.27. The van der Waals surface area contributed by atoms with Crippen LogP contribution in [0.3, 0.4) is 0 Å². The molecule has 1 N–H and O–H groups in total. The lowest BCUT2D eigenvalue weighted by molar-refractivity contribution is -0.142. The molecule has 0 aromatic heterocycles. The molecule has 0 radical (unpaired) electrons. The first kappa shape index (κ1) is 15.7. The highest BCUT2D eigenvalue weighted by atomic mass is 16.4. The van der Waals surface area contributed by atoms with Gasteiger partial charge in [-0.1, -0.05) is 6.58 Å². The third kappa shape index (κ3) is 4.59. The number of hydrogen-bond donors (Lipinski definition) is 1. The lowest BCUT2D eigenvalue weighted by Gasteiger charge is -2.45. The van der Waals surface area contributed by atoms with Crippen molar-refractivity contribution in [3.63, 3.8) is 0 Å². The molecule has 0 aliphatic heterocycles. The molecule has 0 aliphatic carbocycles. The first-order chi connectivity index (χ1) is 7.37. The van der Waals surface area contributed by atoms with Gasteiger partial charge in [-0.05, 0) is 41.5 Å². The van der Waals surface area contributed by atoms with Crippen LogP contribution in [0, 0.1) is 0 Å². The fourth-order valence-corrected chi connectivity index (χ4v) is 2.03. The quantitative estimate of drug-likeness (QED) is 0.772. The maximum atomic E-state index is 12.2. The van der Waals surface area contributed by atoms with Crippen molar-refractivity contribution in [2.45, 2.75) is 59.0 Å². The lowest BCUT2D eigenvalue weighted by Crippen LogP contribution is -2.56. The minimum atomic E-state index is -1.04. The molecular formula is C13H23NO3. The highest BCUT2D eigenvalue weighted by Gasteiger charge is 2.36. The number of carboxylic acid groups (broad SMARTS) is 1. The molecule has 0 heterocycles. The van der Waals surface area contributed by atoms with Crippen LogP contribution in [0.15, 0.2) is 12.2 Å². The van der Waals surface area contributed by atoms with E-state index < -0.39 is 5.97 Å². The number of hydrogen-bond acceptors (Lipinski definition) is 2. The van der Waals surface area contributed by atoms with Gasteiger partial charge in [0.15, 0.2) is 0 Å². The van der Waals surface area contributed by atoms with E-state index in [-0.39, 0.29) is 29.0 Å². The zero-order valence-electron chi connectivity index (χ0n) is 11.6. The molecular weight excluding hydrogens is 218 g/mol. The summed E-state index contributed by atoms with van der Waals surface area (Å²) in [4.78, 5) is 24.5. The normalized spacial score (nSPS) is 12.1. The Balaban J connectivity index is 5.17. The van der Waals surface area contributed by atoms with Crippen LogP contribution in [0.2, 0.25) is 0 Å². The molecule has 1 amide bonds. The van der Waals surface area contributed by atoms with Gasteiger partial charge in [0.1, 0.15) is 0 Å². The maximum Gasteiger partial charge on any atom is 0.308 e. The Bertz CT molecular complexity index is 318. The molecule has 4 nitrogen and oxygen atoms in total. The van der Waals surface area contributed by atoms with Crippen molar-refractivity contribution in [3.05, 3.63) is 12.2 Å². The molecule has 4 heteroatoms. The van der Waals surface area contributed by atoms with Gasteiger partial charge in [0.25, 0.3) is 5.91 Å². The van der Waals surface area contributed by atoms with Crippen LogP contribution >= 0.6 is 0 Å². The van der Waals surface area contributed by atoms with Gasteiger partial charge in [-0.3, -0.25) is 9.59 Å². The first-order valence-corrected chi connectivity index (χ1v) is 5.61. The van der Waals surface area contributed by atoms with E-state index in [9.17, 15) is 9.59 Å². The molecule has 0 atom stereocenters. The van der Waals surface area contributed by atoms with Gasteiger partial charge in [0, 0.05) is 16.7 Å². The SMILES string of the molecule is C=C(CC(=O)O)C(=O)N(C(C)(C)C)C(C)(C)C. The van der Waals surface area contributed by atoms with Crippen LogP contribution in [-0.4, -0.2) is 33.0 Å². The smallest absolute Gasteiger partial charge is 0.308 e. The van der Waals surface area contributed by atoms with Gasteiger partial charge in [-0.15, -0.1) is 0 Å². The number of aliphatic carboxylic acids is 1. The average molecular weight is 241 g/mol. The Labute approximate surface area is 103 Å². The molecule has 98 valence electrons. The largest absolute Gasteiger partial charge is 0.481 e. The van der Waals surface area contributed by atoms with Crippen LogP contribution in [-0.2, 0) is 9.59 Å². The predicted octanol–water partition coefficient (Wildman–Crippen LogP) is 2.44. The Hall–Kier alpha value is -1.32. The zero-order chi connectivity index (χ0) is 14.0. The number of carboxylic acids is 1. The third-order valence-corrected chi connectivity index (χ3v) is 2.21. The number of amides is 1. The summed E-state index contributed by atoms with van der Waals surface area (Å²) in [5.74, 6) is -1.33. The fourth-order valence-electron chi connectivity index (χ4n) is 2.03. The molecule has 0 fully saturated rings. The second-order valence-corrected chi connectivity index (χ2v) is 6.16. The maximum absolute atomic E-state index is 12.2. The van der Waals surface area contributed by atoms with Gasteiger partial charge in [-0.25, -0.2) is 0 Å². The van der Waals surface area contributed by atoms with Crippen molar-refractivity contribution < 1.29 is 14.7 Å². The highest BCUT2D eigenvalue weighted by molar-refractivity contribution is 5.97. The summed E-state index contributed by atoms with van der Waals surface area (Å²) >= 11 is 0. The predicted molar refractivity (Wildman–Crippen MR) is 67.7 cm³/mol. The summed E-state index contributed by atoms with van der Waals surface area (Å²) in [7, 11) is 0. The second kappa shape index (κ2) is 4.90. The van der Waals surface area contributed by atoms with Crippen molar-refractivity contribution in [3.8, 4) is 0 Å². The van der Waals surface area contributed by atoms with Gasteiger partial charge in [0.05, 0.1) is 6.42 Å². The third-order valence-electron chi connectivity index (χ3n) is 2.21. The van der Waals surface area contributed by atoms with E-state index in [1.165, 1.54) is 0 Å². The molecule has 0 bridgehead atoms. The van der Waals surface area contributed by atoms with Gasteiger partial charge >= 0.3 is 5.97 Å².